The topological polar surface area (TPSA) is 60.6 Å². The van der Waals surface area contributed by atoms with Gasteiger partial charge in [0, 0.05) is 25.7 Å². The monoisotopic (exact) mass is 246 g/mol. The molecule has 0 aromatic carbocycles. The molecule has 2 aromatic rings. The van der Waals surface area contributed by atoms with E-state index in [0.29, 0.717) is 0 Å². The second kappa shape index (κ2) is 4.80. The van der Waals surface area contributed by atoms with Crippen LogP contribution in [0.25, 0.3) is 0 Å². The molecule has 96 valence electrons. The molecular formula is C12H18N6. The fourth-order valence-corrected chi connectivity index (χ4v) is 2.39. The molecule has 0 bridgehead atoms. The molecule has 1 aliphatic heterocycles. The number of aromatic nitrogens is 5. The molecule has 2 aromatic heterocycles. The normalized spacial score (nSPS) is 14.5. The third-order valence-corrected chi connectivity index (χ3v) is 3.43. The summed E-state index contributed by atoms with van der Waals surface area (Å²) in [5.41, 5.74) is 1.17. The van der Waals surface area contributed by atoms with Gasteiger partial charge in [-0.25, -0.2) is 4.98 Å². The first-order valence-corrected chi connectivity index (χ1v) is 6.53. The Hall–Kier alpha value is -1.85. The number of imidazole rings is 1. The van der Waals surface area contributed by atoms with Gasteiger partial charge in [0.2, 0.25) is 5.95 Å². The fraction of sp³-hybridized carbons (Fsp3) is 0.583. The molecular weight excluding hydrogens is 228 g/mol. The van der Waals surface area contributed by atoms with Crippen LogP contribution in [-0.2, 0) is 26.1 Å². The van der Waals surface area contributed by atoms with Crippen LogP contribution in [0.15, 0.2) is 12.5 Å². The van der Waals surface area contributed by atoms with E-state index in [2.05, 4.69) is 36.6 Å². The van der Waals surface area contributed by atoms with Gasteiger partial charge in [-0.3, -0.25) is 4.57 Å². The maximum atomic E-state index is 4.23. The largest absolute Gasteiger partial charge is 0.349 e. The molecule has 0 saturated heterocycles. The number of nitrogens with one attached hydrogen (secondary N) is 1. The SMILES string of the molecule is CCn1cncc1CNc1nnc2n1CCCC2. The highest BCUT2D eigenvalue weighted by atomic mass is 15.4. The molecule has 3 heterocycles. The Kier molecular flexibility index (Phi) is 3.00. The van der Waals surface area contributed by atoms with Gasteiger partial charge < -0.3 is 9.88 Å². The summed E-state index contributed by atoms with van der Waals surface area (Å²) < 4.78 is 4.32. The standard InChI is InChI=1S/C12H18N6/c1-2-17-9-13-7-10(17)8-14-12-16-15-11-5-3-4-6-18(11)12/h7,9H,2-6,8H2,1H3,(H,14,16). The summed E-state index contributed by atoms with van der Waals surface area (Å²) in [5, 5.41) is 11.8. The molecule has 1 N–H and O–H groups in total. The Morgan fingerprint density at radius 3 is 3.17 bits per heavy atom. The van der Waals surface area contributed by atoms with E-state index in [1.807, 2.05) is 12.5 Å². The molecule has 6 heteroatoms. The van der Waals surface area contributed by atoms with Gasteiger partial charge in [0.05, 0.1) is 18.6 Å². The molecule has 0 unspecified atom stereocenters. The van der Waals surface area contributed by atoms with Crippen LogP contribution < -0.4 is 5.32 Å². The van der Waals surface area contributed by atoms with Crippen molar-refractivity contribution in [2.45, 2.75) is 45.8 Å². The van der Waals surface area contributed by atoms with Gasteiger partial charge in [0.1, 0.15) is 5.82 Å². The van der Waals surface area contributed by atoms with E-state index in [4.69, 9.17) is 0 Å². The number of hydrogen-bond acceptors (Lipinski definition) is 4. The number of anilines is 1. The van der Waals surface area contributed by atoms with Crippen molar-refractivity contribution in [1.29, 1.82) is 0 Å². The molecule has 6 nitrogen and oxygen atoms in total. The molecule has 3 rings (SSSR count). The Balaban J connectivity index is 1.72. The summed E-state index contributed by atoms with van der Waals surface area (Å²) in [6.45, 7) is 4.82. The summed E-state index contributed by atoms with van der Waals surface area (Å²) in [6.07, 6.45) is 7.23. The van der Waals surface area contributed by atoms with E-state index in [1.54, 1.807) is 0 Å². The predicted molar refractivity (Wildman–Crippen MR) is 68.2 cm³/mol. The molecule has 1 aliphatic rings. The Morgan fingerprint density at radius 2 is 2.28 bits per heavy atom. The molecule has 0 aliphatic carbocycles. The van der Waals surface area contributed by atoms with Crippen LogP contribution in [0, 0.1) is 0 Å². The van der Waals surface area contributed by atoms with Crippen LogP contribution in [-0.4, -0.2) is 24.3 Å². The second-order valence-electron chi connectivity index (χ2n) is 4.57. The first-order valence-electron chi connectivity index (χ1n) is 6.53. The number of nitrogens with zero attached hydrogens (tertiary/aromatic N) is 5. The second-order valence-corrected chi connectivity index (χ2v) is 4.57. The molecule has 0 fully saturated rings. The van der Waals surface area contributed by atoms with Crippen LogP contribution in [0.1, 0.15) is 31.3 Å². The Morgan fingerprint density at radius 1 is 1.33 bits per heavy atom. The van der Waals surface area contributed by atoms with Gasteiger partial charge in [-0.1, -0.05) is 0 Å². The highest BCUT2D eigenvalue weighted by Gasteiger charge is 2.15. The van der Waals surface area contributed by atoms with Gasteiger partial charge in [0.15, 0.2) is 0 Å². The van der Waals surface area contributed by atoms with Crippen molar-refractivity contribution >= 4 is 5.95 Å². The quantitative estimate of drug-likeness (QED) is 0.887. The maximum Gasteiger partial charge on any atom is 0.224 e. The van der Waals surface area contributed by atoms with Crippen LogP contribution in [0.4, 0.5) is 5.95 Å². The van der Waals surface area contributed by atoms with Crippen molar-refractivity contribution in [3.8, 4) is 0 Å². The van der Waals surface area contributed by atoms with Crippen molar-refractivity contribution in [2.75, 3.05) is 5.32 Å². The average Bonchev–Trinajstić information content (AvgIpc) is 3.02. The molecule has 0 atom stereocenters. The highest BCUT2D eigenvalue weighted by molar-refractivity contribution is 5.27. The van der Waals surface area contributed by atoms with E-state index in [-0.39, 0.29) is 0 Å². The van der Waals surface area contributed by atoms with Gasteiger partial charge in [-0.15, -0.1) is 10.2 Å². The molecule has 0 amide bonds. The van der Waals surface area contributed by atoms with Crippen LogP contribution in [0.2, 0.25) is 0 Å². The van der Waals surface area contributed by atoms with Crippen molar-refractivity contribution in [3.63, 3.8) is 0 Å². The third kappa shape index (κ3) is 1.98. The number of rotatable bonds is 4. The van der Waals surface area contributed by atoms with E-state index in [1.165, 1.54) is 18.5 Å². The summed E-state index contributed by atoms with van der Waals surface area (Å²) in [5.74, 6) is 1.99. The number of hydrogen-bond donors (Lipinski definition) is 1. The van der Waals surface area contributed by atoms with Crippen molar-refractivity contribution in [1.82, 2.24) is 24.3 Å². The summed E-state index contributed by atoms with van der Waals surface area (Å²) in [7, 11) is 0. The summed E-state index contributed by atoms with van der Waals surface area (Å²) >= 11 is 0. The third-order valence-electron chi connectivity index (χ3n) is 3.43. The lowest BCUT2D eigenvalue weighted by Gasteiger charge is -2.15. The van der Waals surface area contributed by atoms with Crippen LogP contribution in [0.5, 0.6) is 0 Å². The lowest BCUT2D eigenvalue weighted by atomic mass is 10.2. The zero-order chi connectivity index (χ0) is 12.4. The molecule has 0 saturated carbocycles. The Labute approximate surface area is 106 Å². The number of aryl methyl sites for hydroxylation is 2. The molecule has 18 heavy (non-hydrogen) atoms. The van der Waals surface area contributed by atoms with E-state index in [9.17, 15) is 0 Å². The summed E-state index contributed by atoms with van der Waals surface area (Å²) in [4.78, 5) is 4.16. The van der Waals surface area contributed by atoms with Gasteiger partial charge in [-0.05, 0) is 19.8 Å². The van der Waals surface area contributed by atoms with E-state index < -0.39 is 0 Å². The minimum Gasteiger partial charge on any atom is -0.349 e. The van der Waals surface area contributed by atoms with E-state index >= 15 is 0 Å². The smallest absolute Gasteiger partial charge is 0.224 e. The Bertz CT molecular complexity index is 526. The summed E-state index contributed by atoms with van der Waals surface area (Å²) in [6, 6.07) is 0. The fourth-order valence-electron chi connectivity index (χ4n) is 2.39. The average molecular weight is 246 g/mol. The molecule has 0 radical (unpaired) electrons. The maximum absolute atomic E-state index is 4.23. The first-order chi connectivity index (χ1) is 8.88. The molecule has 0 spiro atoms. The van der Waals surface area contributed by atoms with Crippen molar-refractivity contribution in [2.24, 2.45) is 0 Å². The lowest BCUT2D eigenvalue weighted by Crippen LogP contribution is -2.15. The van der Waals surface area contributed by atoms with Crippen molar-refractivity contribution in [3.05, 3.63) is 24.0 Å². The van der Waals surface area contributed by atoms with Gasteiger partial charge in [0.25, 0.3) is 0 Å². The van der Waals surface area contributed by atoms with E-state index in [0.717, 1.165) is 37.8 Å². The minimum atomic E-state index is 0.742. The number of fused-ring (bicyclic) bond motifs is 1. The zero-order valence-corrected chi connectivity index (χ0v) is 10.6. The first kappa shape index (κ1) is 11.3. The minimum absolute atomic E-state index is 0.742. The van der Waals surface area contributed by atoms with Gasteiger partial charge >= 0.3 is 0 Å². The lowest BCUT2D eigenvalue weighted by molar-refractivity contribution is 0.525. The zero-order valence-electron chi connectivity index (χ0n) is 10.6. The highest BCUT2D eigenvalue weighted by Crippen LogP contribution is 2.17. The van der Waals surface area contributed by atoms with Crippen molar-refractivity contribution < 1.29 is 0 Å². The van der Waals surface area contributed by atoms with Crippen LogP contribution >= 0.6 is 0 Å². The van der Waals surface area contributed by atoms with Crippen LogP contribution in [0.3, 0.4) is 0 Å². The van der Waals surface area contributed by atoms with Gasteiger partial charge in [-0.2, -0.15) is 0 Å². The predicted octanol–water partition coefficient (Wildman–Crippen LogP) is 1.44.